The number of rotatable bonds is 8. The van der Waals surface area contributed by atoms with E-state index in [0.29, 0.717) is 24.6 Å². The van der Waals surface area contributed by atoms with Gasteiger partial charge in [-0.15, -0.1) is 0 Å². The van der Waals surface area contributed by atoms with E-state index in [4.69, 9.17) is 4.74 Å². The zero-order chi connectivity index (χ0) is 20.7. The average molecular weight is 383 g/mol. The number of nitrogens with one attached hydrogen (secondary N) is 2. The summed E-state index contributed by atoms with van der Waals surface area (Å²) < 4.78 is 5.14. The molecule has 0 aliphatic carbocycles. The van der Waals surface area contributed by atoms with Gasteiger partial charge in [0.05, 0.1) is 7.11 Å². The lowest BCUT2D eigenvalue weighted by atomic mass is 9.90. The SMILES string of the molecule is COc1ccc(CCNC(=O)C(C)(C)C(=O)Nc2ccc(C(C)C)cc2)cc1. The highest BCUT2D eigenvalue weighted by Crippen LogP contribution is 2.21. The highest BCUT2D eigenvalue weighted by atomic mass is 16.5. The number of anilines is 1. The number of amides is 2. The largest absolute Gasteiger partial charge is 0.497 e. The van der Waals surface area contributed by atoms with Gasteiger partial charge >= 0.3 is 0 Å². The van der Waals surface area contributed by atoms with Crippen molar-refractivity contribution in [3.8, 4) is 5.75 Å². The number of methoxy groups -OCH3 is 1. The van der Waals surface area contributed by atoms with E-state index in [2.05, 4.69) is 24.5 Å². The number of carbonyl (C=O) groups excluding carboxylic acids is 2. The molecule has 0 radical (unpaired) electrons. The van der Waals surface area contributed by atoms with E-state index < -0.39 is 5.41 Å². The van der Waals surface area contributed by atoms with Crippen LogP contribution < -0.4 is 15.4 Å². The average Bonchev–Trinajstić information content (AvgIpc) is 2.68. The second kappa shape index (κ2) is 9.40. The maximum Gasteiger partial charge on any atom is 0.239 e. The first kappa shape index (κ1) is 21.5. The Kier molecular flexibility index (Phi) is 7.21. The summed E-state index contributed by atoms with van der Waals surface area (Å²) in [4.78, 5) is 25.2. The molecule has 2 amide bonds. The number of benzene rings is 2. The smallest absolute Gasteiger partial charge is 0.239 e. The zero-order valence-corrected chi connectivity index (χ0v) is 17.3. The summed E-state index contributed by atoms with van der Waals surface area (Å²) in [5.74, 6) is 0.605. The van der Waals surface area contributed by atoms with E-state index >= 15 is 0 Å². The summed E-state index contributed by atoms with van der Waals surface area (Å²) in [5, 5.41) is 5.70. The van der Waals surface area contributed by atoms with Gasteiger partial charge in [-0.2, -0.15) is 0 Å². The second-order valence-corrected chi connectivity index (χ2v) is 7.71. The molecule has 0 saturated heterocycles. The molecule has 0 saturated carbocycles. The quantitative estimate of drug-likeness (QED) is 0.674. The zero-order valence-electron chi connectivity index (χ0n) is 17.3. The van der Waals surface area contributed by atoms with Crippen LogP contribution in [0.25, 0.3) is 0 Å². The summed E-state index contributed by atoms with van der Waals surface area (Å²) in [5.41, 5.74) is 1.81. The molecular weight excluding hydrogens is 352 g/mol. The molecule has 2 aromatic carbocycles. The van der Waals surface area contributed by atoms with E-state index in [0.717, 1.165) is 11.3 Å². The van der Waals surface area contributed by atoms with Gasteiger partial charge in [-0.05, 0) is 61.6 Å². The Bertz CT molecular complexity index is 794. The Hall–Kier alpha value is -2.82. The molecule has 150 valence electrons. The molecule has 5 heteroatoms. The van der Waals surface area contributed by atoms with E-state index in [-0.39, 0.29) is 11.8 Å². The van der Waals surface area contributed by atoms with Gasteiger partial charge in [0.25, 0.3) is 0 Å². The third-order valence-electron chi connectivity index (χ3n) is 4.83. The fraction of sp³-hybridized carbons (Fsp3) is 0.391. The van der Waals surface area contributed by atoms with Crippen LogP contribution in [0.3, 0.4) is 0 Å². The maximum atomic E-state index is 12.6. The van der Waals surface area contributed by atoms with Crippen molar-refractivity contribution in [1.82, 2.24) is 5.32 Å². The van der Waals surface area contributed by atoms with Crippen LogP contribution in [0.2, 0.25) is 0 Å². The molecule has 0 aliphatic heterocycles. The first-order valence-electron chi connectivity index (χ1n) is 9.56. The van der Waals surface area contributed by atoms with Crippen molar-refractivity contribution < 1.29 is 14.3 Å². The van der Waals surface area contributed by atoms with Gasteiger partial charge in [0.1, 0.15) is 11.2 Å². The van der Waals surface area contributed by atoms with Crippen LogP contribution in [0, 0.1) is 5.41 Å². The highest BCUT2D eigenvalue weighted by molar-refractivity contribution is 6.09. The number of ether oxygens (including phenoxy) is 1. The van der Waals surface area contributed by atoms with Crippen molar-refractivity contribution in [3.63, 3.8) is 0 Å². The van der Waals surface area contributed by atoms with Crippen molar-refractivity contribution in [1.29, 1.82) is 0 Å². The van der Waals surface area contributed by atoms with Crippen molar-refractivity contribution in [2.45, 2.75) is 40.0 Å². The molecule has 2 N–H and O–H groups in total. The van der Waals surface area contributed by atoms with Crippen LogP contribution in [-0.2, 0) is 16.0 Å². The first-order valence-corrected chi connectivity index (χ1v) is 9.56. The van der Waals surface area contributed by atoms with Crippen molar-refractivity contribution in [3.05, 3.63) is 59.7 Å². The molecule has 0 atom stereocenters. The lowest BCUT2D eigenvalue weighted by Gasteiger charge is -2.23. The molecule has 0 bridgehead atoms. The Morgan fingerprint density at radius 1 is 0.964 bits per heavy atom. The molecule has 0 unspecified atom stereocenters. The third-order valence-corrected chi connectivity index (χ3v) is 4.83. The van der Waals surface area contributed by atoms with Gasteiger partial charge in [0.2, 0.25) is 11.8 Å². The molecule has 2 aromatic rings. The Morgan fingerprint density at radius 2 is 1.57 bits per heavy atom. The molecule has 0 aliphatic rings. The van der Waals surface area contributed by atoms with Crippen LogP contribution in [-0.4, -0.2) is 25.5 Å². The molecule has 2 rings (SSSR count). The van der Waals surface area contributed by atoms with Gasteiger partial charge in [0, 0.05) is 12.2 Å². The van der Waals surface area contributed by atoms with Crippen molar-refractivity contribution in [2.75, 3.05) is 19.0 Å². The molecule has 5 nitrogen and oxygen atoms in total. The Balaban J connectivity index is 1.88. The van der Waals surface area contributed by atoms with E-state index in [1.54, 1.807) is 21.0 Å². The second-order valence-electron chi connectivity index (χ2n) is 7.71. The Morgan fingerprint density at radius 3 is 2.11 bits per heavy atom. The van der Waals surface area contributed by atoms with Gasteiger partial charge in [-0.3, -0.25) is 9.59 Å². The molecule has 0 heterocycles. The summed E-state index contributed by atoms with van der Waals surface area (Å²) >= 11 is 0. The van der Waals surface area contributed by atoms with Gasteiger partial charge in [-0.25, -0.2) is 0 Å². The summed E-state index contributed by atoms with van der Waals surface area (Å²) in [7, 11) is 1.63. The van der Waals surface area contributed by atoms with E-state index in [1.165, 1.54) is 5.56 Å². The van der Waals surface area contributed by atoms with Crippen LogP contribution in [0.4, 0.5) is 5.69 Å². The molecular formula is C23H30N2O3. The predicted molar refractivity (Wildman–Crippen MR) is 113 cm³/mol. The standard InChI is InChI=1S/C23H30N2O3/c1-16(2)18-8-10-19(11-9-18)25-22(27)23(3,4)21(26)24-15-14-17-6-12-20(28-5)13-7-17/h6-13,16H,14-15H2,1-5H3,(H,24,26)(H,25,27). The lowest BCUT2D eigenvalue weighted by Crippen LogP contribution is -2.45. The first-order chi connectivity index (χ1) is 13.2. The van der Waals surface area contributed by atoms with Crippen LogP contribution in [0.5, 0.6) is 5.75 Å². The van der Waals surface area contributed by atoms with Crippen LogP contribution >= 0.6 is 0 Å². The minimum Gasteiger partial charge on any atom is -0.497 e. The van der Waals surface area contributed by atoms with Gasteiger partial charge in [-0.1, -0.05) is 38.1 Å². The lowest BCUT2D eigenvalue weighted by molar-refractivity contribution is -0.138. The summed E-state index contributed by atoms with van der Waals surface area (Å²) in [6.45, 7) is 7.96. The minimum atomic E-state index is -1.17. The van der Waals surface area contributed by atoms with Crippen molar-refractivity contribution in [2.24, 2.45) is 5.41 Å². The summed E-state index contributed by atoms with van der Waals surface area (Å²) in [6.07, 6.45) is 0.685. The number of hydrogen-bond acceptors (Lipinski definition) is 3. The van der Waals surface area contributed by atoms with E-state index in [9.17, 15) is 9.59 Å². The van der Waals surface area contributed by atoms with Crippen LogP contribution in [0.1, 0.15) is 44.7 Å². The molecule has 0 spiro atoms. The topological polar surface area (TPSA) is 67.4 Å². The van der Waals surface area contributed by atoms with Gasteiger partial charge < -0.3 is 15.4 Å². The highest BCUT2D eigenvalue weighted by Gasteiger charge is 2.35. The maximum absolute atomic E-state index is 12.6. The van der Waals surface area contributed by atoms with Crippen LogP contribution in [0.15, 0.2) is 48.5 Å². The van der Waals surface area contributed by atoms with Gasteiger partial charge in [0.15, 0.2) is 0 Å². The monoisotopic (exact) mass is 382 g/mol. The Labute approximate surface area is 167 Å². The molecule has 0 aromatic heterocycles. The van der Waals surface area contributed by atoms with Crippen molar-refractivity contribution >= 4 is 17.5 Å². The minimum absolute atomic E-state index is 0.294. The van der Waals surface area contributed by atoms with E-state index in [1.807, 2.05) is 48.5 Å². The molecule has 28 heavy (non-hydrogen) atoms. The fourth-order valence-electron chi connectivity index (χ4n) is 2.68. The predicted octanol–water partition coefficient (Wildman–Crippen LogP) is 4.14. The normalized spacial score (nSPS) is 11.2. The third kappa shape index (κ3) is 5.59. The molecule has 0 fully saturated rings. The fourth-order valence-corrected chi connectivity index (χ4v) is 2.68. The number of carbonyl (C=O) groups is 2. The summed E-state index contributed by atoms with van der Waals surface area (Å²) in [6, 6.07) is 15.4. The number of hydrogen-bond donors (Lipinski definition) is 2.